The summed E-state index contributed by atoms with van der Waals surface area (Å²) in [5.74, 6) is 0. The van der Waals surface area contributed by atoms with Crippen LogP contribution in [0.3, 0.4) is 0 Å². The smallest absolute Gasteiger partial charge is 0.0538 e. The number of piperazine rings is 1. The van der Waals surface area contributed by atoms with Gasteiger partial charge in [0.05, 0.1) is 6.20 Å². The molecule has 0 amide bonds. The molecule has 1 N–H and O–H groups in total. The van der Waals surface area contributed by atoms with Crippen LogP contribution in [0.5, 0.6) is 0 Å². The Balaban J connectivity index is 1.59. The molecule has 1 aromatic heterocycles. The second-order valence-corrected chi connectivity index (χ2v) is 4.83. The third-order valence-corrected chi connectivity index (χ3v) is 3.37. The zero-order valence-corrected chi connectivity index (χ0v) is 11.2. The van der Waals surface area contributed by atoms with E-state index in [1.807, 2.05) is 12.4 Å². The molecule has 0 spiro atoms. The van der Waals surface area contributed by atoms with Crippen LogP contribution < -0.4 is 5.32 Å². The van der Waals surface area contributed by atoms with E-state index in [0.717, 1.165) is 19.6 Å². The normalized spacial score (nSPS) is 18.1. The predicted octanol–water partition coefficient (Wildman–Crippen LogP) is 0.321. The summed E-state index contributed by atoms with van der Waals surface area (Å²) in [6.45, 7) is 11.5. The van der Waals surface area contributed by atoms with Gasteiger partial charge in [-0.25, -0.2) is 4.68 Å². The maximum absolute atomic E-state index is 4.15. The molecule has 0 atom stereocenters. The molecule has 0 aliphatic carbocycles. The van der Waals surface area contributed by atoms with Gasteiger partial charge in [-0.15, -0.1) is 0 Å². The van der Waals surface area contributed by atoms with Crippen LogP contribution in [0, 0.1) is 0 Å². The zero-order valence-electron chi connectivity index (χ0n) is 11.2. The van der Waals surface area contributed by atoms with E-state index in [0.29, 0.717) is 0 Å². The third kappa shape index (κ3) is 3.94. The van der Waals surface area contributed by atoms with Crippen molar-refractivity contribution in [1.82, 2.24) is 24.9 Å². The molecule has 1 aliphatic heterocycles. The van der Waals surface area contributed by atoms with Gasteiger partial charge in [0.15, 0.2) is 0 Å². The largest absolute Gasteiger partial charge is 0.311 e. The molecule has 1 aliphatic rings. The van der Waals surface area contributed by atoms with Crippen LogP contribution in [0.4, 0.5) is 0 Å². The van der Waals surface area contributed by atoms with Gasteiger partial charge >= 0.3 is 0 Å². The third-order valence-electron chi connectivity index (χ3n) is 3.37. The number of aromatic nitrogens is 2. The van der Waals surface area contributed by atoms with Crippen molar-refractivity contribution in [3.63, 3.8) is 0 Å². The average molecular weight is 249 g/mol. The standard InChI is InChI=1S/C13H23N5/c1-3-18-12-13(11-15-18)10-14-4-5-17-8-6-16(2)7-9-17/h3,11-12,14H,1,4-10H2,2H3. The molecule has 5 heteroatoms. The van der Waals surface area contributed by atoms with Crippen molar-refractivity contribution in [2.24, 2.45) is 0 Å². The number of nitrogens with one attached hydrogen (secondary N) is 1. The molecule has 18 heavy (non-hydrogen) atoms. The van der Waals surface area contributed by atoms with Crippen LogP contribution in [0.1, 0.15) is 5.56 Å². The summed E-state index contributed by atoms with van der Waals surface area (Å²) < 4.78 is 1.73. The number of hydrogen-bond donors (Lipinski definition) is 1. The van der Waals surface area contributed by atoms with Gasteiger partial charge in [-0.05, 0) is 7.05 Å². The Labute approximate surface area is 109 Å². The van der Waals surface area contributed by atoms with E-state index < -0.39 is 0 Å². The van der Waals surface area contributed by atoms with Crippen molar-refractivity contribution in [2.75, 3.05) is 46.3 Å². The minimum atomic E-state index is 0.877. The van der Waals surface area contributed by atoms with E-state index in [2.05, 4.69) is 33.8 Å². The highest BCUT2D eigenvalue weighted by molar-refractivity contribution is 5.17. The molecule has 0 aromatic carbocycles. The summed E-state index contributed by atoms with van der Waals surface area (Å²) in [5, 5.41) is 7.61. The Morgan fingerprint density at radius 1 is 1.39 bits per heavy atom. The predicted molar refractivity (Wildman–Crippen MR) is 74.3 cm³/mol. The minimum Gasteiger partial charge on any atom is -0.311 e. The van der Waals surface area contributed by atoms with E-state index >= 15 is 0 Å². The Hall–Kier alpha value is -1.17. The quantitative estimate of drug-likeness (QED) is 0.737. The lowest BCUT2D eigenvalue weighted by Gasteiger charge is -2.32. The summed E-state index contributed by atoms with van der Waals surface area (Å²) in [4.78, 5) is 4.90. The molecule has 100 valence electrons. The second-order valence-electron chi connectivity index (χ2n) is 4.83. The Morgan fingerprint density at radius 3 is 2.83 bits per heavy atom. The molecule has 1 aromatic rings. The number of rotatable bonds is 6. The summed E-state index contributed by atoms with van der Waals surface area (Å²) in [6.07, 6.45) is 5.58. The lowest BCUT2D eigenvalue weighted by atomic mass is 10.3. The first-order valence-corrected chi connectivity index (χ1v) is 6.55. The van der Waals surface area contributed by atoms with E-state index in [1.54, 1.807) is 10.9 Å². The highest BCUT2D eigenvalue weighted by Gasteiger charge is 2.12. The molecule has 5 nitrogen and oxygen atoms in total. The first kappa shape index (κ1) is 13.3. The van der Waals surface area contributed by atoms with Gasteiger partial charge in [0.2, 0.25) is 0 Å². The van der Waals surface area contributed by atoms with Crippen LogP contribution in [-0.2, 0) is 6.54 Å². The summed E-state index contributed by atoms with van der Waals surface area (Å²) in [7, 11) is 2.19. The highest BCUT2D eigenvalue weighted by Crippen LogP contribution is 1.99. The topological polar surface area (TPSA) is 36.3 Å². The van der Waals surface area contributed by atoms with E-state index in [1.165, 1.54) is 31.7 Å². The van der Waals surface area contributed by atoms with Crippen LogP contribution in [0.2, 0.25) is 0 Å². The van der Waals surface area contributed by atoms with Crippen molar-refractivity contribution >= 4 is 6.20 Å². The fraction of sp³-hybridized carbons (Fsp3) is 0.615. The molecule has 2 rings (SSSR count). The average Bonchev–Trinajstić information content (AvgIpc) is 2.85. The van der Waals surface area contributed by atoms with Gasteiger partial charge in [-0.3, -0.25) is 4.90 Å². The van der Waals surface area contributed by atoms with Crippen LogP contribution in [0.15, 0.2) is 19.0 Å². The van der Waals surface area contributed by atoms with E-state index in [9.17, 15) is 0 Å². The molecule has 1 fully saturated rings. The molecule has 2 heterocycles. The van der Waals surface area contributed by atoms with Crippen molar-refractivity contribution in [2.45, 2.75) is 6.54 Å². The van der Waals surface area contributed by atoms with Crippen molar-refractivity contribution in [1.29, 1.82) is 0 Å². The second kappa shape index (κ2) is 6.68. The van der Waals surface area contributed by atoms with E-state index in [-0.39, 0.29) is 0 Å². The highest BCUT2D eigenvalue weighted by atomic mass is 15.3. The minimum absolute atomic E-state index is 0.877. The summed E-state index contributed by atoms with van der Waals surface area (Å²) >= 11 is 0. The lowest BCUT2D eigenvalue weighted by molar-refractivity contribution is 0.154. The number of hydrogen-bond acceptors (Lipinski definition) is 4. The fourth-order valence-corrected chi connectivity index (χ4v) is 2.11. The zero-order chi connectivity index (χ0) is 12.8. The monoisotopic (exact) mass is 249 g/mol. The Morgan fingerprint density at radius 2 is 2.17 bits per heavy atom. The van der Waals surface area contributed by atoms with Crippen molar-refractivity contribution in [3.05, 3.63) is 24.5 Å². The fourth-order valence-electron chi connectivity index (χ4n) is 2.11. The maximum Gasteiger partial charge on any atom is 0.0538 e. The first-order chi connectivity index (χ1) is 8.78. The molecule has 0 unspecified atom stereocenters. The molecule has 1 saturated heterocycles. The van der Waals surface area contributed by atoms with Gasteiger partial charge in [0.25, 0.3) is 0 Å². The summed E-state index contributed by atoms with van der Waals surface area (Å²) in [6, 6.07) is 0. The summed E-state index contributed by atoms with van der Waals surface area (Å²) in [5.41, 5.74) is 1.20. The maximum atomic E-state index is 4.15. The molecular weight excluding hydrogens is 226 g/mol. The SMILES string of the molecule is C=Cn1cc(CNCCN2CCN(C)CC2)cn1. The van der Waals surface area contributed by atoms with Crippen LogP contribution >= 0.6 is 0 Å². The van der Waals surface area contributed by atoms with Gasteiger partial charge in [0, 0.05) is 63.8 Å². The van der Waals surface area contributed by atoms with E-state index in [4.69, 9.17) is 0 Å². The van der Waals surface area contributed by atoms with Gasteiger partial charge in [0.1, 0.15) is 0 Å². The van der Waals surface area contributed by atoms with Crippen molar-refractivity contribution in [3.8, 4) is 0 Å². The first-order valence-electron chi connectivity index (χ1n) is 6.55. The Kier molecular flexibility index (Phi) is 4.92. The van der Waals surface area contributed by atoms with Crippen LogP contribution in [0.25, 0.3) is 6.20 Å². The number of nitrogens with zero attached hydrogens (tertiary/aromatic N) is 4. The molecular formula is C13H23N5. The van der Waals surface area contributed by atoms with Gasteiger partial charge in [-0.1, -0.05) is 6.58 Å². The van der Waals surface area contributed by atoms with Crippen LogP contribution in [-0.4, -0.2) is 65.9 Å². The van der Waals surface area contributed by atoms with Gasteiger partial charge < -0.3 is 10.2 Å². The lowest BCUT2D eigenvalue weighted by Crippen LogP contribution is -2.46. The van der Waals surface area contributed by atoms with Gasteiger partial charge in [-0.2, -0.15) is 5.10 Å². The Bertz CT molecular complexity index is 365. The molecule has 0 bridgehead atoms. The van der Waals surface area contributed by atoms with Crippen molar-refractivity contribution < 1.29 is 0 Å². The molecule has 0 saturated carbocycles. The molecule has 0 radical (unpaired) electrons. The number of likely N-dealkylation sites (N-methyl/N-ethyl adjacent to an activating group) is 1.